The largest absolute Gasteiger partial charge is 0.461 e. The Bertz CT molecular complexity index is 2200. The van der Waals surface area contributed by atoms with E-state index in [1.807, 2.05) is 87.0 Å². The van der Waals surface area contributed by atoms with Crippen molar-refractivity contribution >= 4 is 47.2 Å². The molecule has 0 saturated heterocycles. The van der Waals surface area contributed by atoms with Crippen molar-refractivity contribution < 1.29 is 47.7 Å². The minimum absolute atomic E-state index is 0.0249. The highest BCUT2D eigenvalue weighted by Gasteiger charge is 2.37. The summed E-state index contributed by atoms with van der Waals surface area (Å²) in [5.41, 5.74) is 1.31. The average Bonchev–Trinajstić information content (AvgIpc) is 3.87. The van der Waals surface area contributed by atoms with Crippen LogP contribution in [0.4, 0.5) is 9.59 Å². The van der Waals surface area contributed by atoms with Gasteiger partial charge in [-0.3, -0.25) is 24.1 Å². The van der Waals surface area contributed by atoms with Crippen LogP contribution < -0.4 is 26.0 Å². The molecule has 4 N–H and O–H groups in total. The minimum atomic E-state index is -0.696. The Morgan fingerprint density at radius 1 is 0.763 bits per heavy atom. The van der Waals surface area contributed by atoms with Gasteiger partial charge in [0.25, 0.3) is 5.91 Å². The van der Waals surface area contributed by atoms with E-state index in [0.717, 1.165) is 43.4 Å². The van der Waals surface area contributed by atoms with Crippen molar-refractivity contribution in [2.24, 2.45) is 17.8 Å². The van der Waals surface area contributed by atoms with Crippen LogP contribution >= 0.6 is 11.3 Å². The highest BCUT2D eigenvalue weighted by Crippen LogP contribution is 2.32. The Balaban J connectivity index is 1.80. The van der Waals surface area contributed by atoms with Gasteiger partial charge in [-0.05, 0) is 114 Å². The van der Waals surface area contributed by atoms with Crippen LogP contribution in [0, 0.1) is 17.8 Å². The van der Waals surface area contributed by atoms with Crippen molar-refractivity contribution in [2.75, 3.05) is 46.4 Å². The van der Waals surface area contributed by atoms with Gasteiger partial charge < -0.3 is 45.1 Å². The maximum absolute atomic E-state index is 14.7. The van der Waals surface area contributed by atoms with Gasteiger partial charge in [0.2, 0.25) is 11.8 Å². The Hall–Kier alpha value is -5.59. The number of esters is 1. The van der Waals surface area contributed by atoms with E-state index in [1.165, 1.54) is 11.3 Å². The van der Waals surface area contributed by atoms with Crippen molar-refractivity contribution in [2.45, 2.75) is 177 Å². The maximum Gasteiger partial charge on any atom is 0.412 e. The summed E-state index contributed by atoms with van der Waals surface area (Å²) in [5.74, 6) is -1.42. The lowest BCUT2D eigenvalue weighted by Gasteiger charge is -2.39. The van der Waals surface area contributed by atoms with Crippen LogP contribution in [0.5, 0.6) is 5.75 Å². The van der Waals surface area contributed by atoms with E-state index in [1.54, 1.807) is 45.2 Å². The highest BCUT2D eigenvalue weighted by molar-refractivity contribution is 7.09. The summed E-state index contributed by atoms with van der Waals surface area (Å²) >= 11 is 1.33. The third-order valence-corrected chi connectivity index (χ3v) is 13.7. The van der Waals surface area contributed by atoms with Crippen LogP contribution in [0.1, 0.15) is 167 Å². The summed E-state index contributed by atoms with van der Waals surface area (Å²) in [5, 5.41) is 14.0. The molecule has 1 aromatic heterocycles. The first-order chi connectivity index (χ1) is 36.2. The van der Waals surface area contributed by atoms with Crippen LogP contribution in [0.3, 0.4) is 0 Å². The molecule has 424 valence electrons. The first-order valence-corrected chi connectivity index (χ1v) is 28.4. The normalized spacial score (nSPS) is 13.9. The molecule has 1 heterocycles. The predicted molar refractivity (Wildman–Crippen MR) is 299 cm³/mol. The van der Waals surface area contributed by atoms with Crippen molar-refractivity contribution in [3.8, 4) is 5.75 Å². The highest BCUT2D eigenvalue weighted by atomic mass is 32.1. The van der Waals surface area contributed by atoms with Crippen molar-refractivity contribution in [3.63, 3.8) is 0 Å². The zero-order valence-electron chi connectivity index (χ0n) is 47.7. The summed E-state index contributed by atoms with van der Waals surface area (Å²) in [6, 6.07) is 14.9. The lowest BCUT2D eigenvalue weighted by Crippen LogP contribution is -2.56. The monoisotopic (exact) mass is 1080 g/mol. The maximum atomic E-state index is 14.7. The Labute approximate surface area is 457 Å². The fraction of sp³-hybridized carbons (Fsp3) is 0.638. The Morgan fingerprint density at radius 3 is 2.04 bits per heavy atom. The minimum Gasteiger partial charge on any atom is -0.461 e. The quantitative estimate of drug-likeness (QED) is 0.0326. The predicted octanol–water partition coefficient (Wildman–Crippen LogP) is 10.0. The summed E-state index contributed by atoms with van der Waals surface area (Å²) < 4.78 is 22.9. The van der Waals surface area contributed by atoms with Gasteiger partial charge >= 0.3 is 18.2 Å². The molecule has 0 spiro atoms. The number of thiazole rings is 1. The van der Waals surface area contributed by atoms with Gasteiger partial charge in [0.15, 0.2) is 0 Å². The lowest BCUT2D eigenvalue weighted by atomic mass is 9.92. The molecule has 5 amide bonds. The van der Waals surface area contributed by atoms with Gasteiger partial charge in [0, 0.05) is 50.1 Å². The third kappa shape index (κ3) is 24.2. The molecule has 18 heteroatoms. The number of aromatic nitrogens is 1. The third-order valence-electron chi connectivity index (χ3n) is 12.8. The lowest BCUT2D eigenvalue weighted by molar-refractivity contribution is -0.149. The number of amides is 5. The molecule has 0 aliphatic carbocycles. The fourth-order valence-electron chi connectivity index (χ4n) is 8.44. The van der Waals surface area contributed by atoms with Gasteiger partial charge in [0.05, 0.1) is 12.5 Å². The van der Waals surface area contributed by atoms with Gasteiger partial charge in [0.1, 0.15) is 40.8 Å². The van der Waals surface area contributed by atoms with Gasteiger partial charge in [-0.2, -0.15) is 0 Å². The molecule has 3 aromatic rings. The van der Waals surface area contributed by atoms with Crippen LogP contribution in [0.15, 0.2) is 60.0 Å². The van der Waals surface area contributed by atoms with Gasteiger partial charge in [-0.15, -0.1) is 11.3 Å². The Morgan fingerprint density at radius 2 is 1.43 bits per heavy atom. The number of unbranched alkanes of at least 4 members (excludes halogenated alkanes) is 2. The second-order valence-electron chi connectivity index (χ2n) is 21.2. The number of ether oxygens (including phenoxy) is 4. The SMILES string of the molecule is CCCCN(C)CC(=O)N[C@H](C(=O)N(CCC)[C@H](C[C@@H](OCCC)c1nc(C(=O)N[C@@H](Cc2ccc(OC(=O)NCCCCNC(=O)OC(C)(C)C)cc2)C[C@H](C)C(=O)OCc2ccccc2)cs1)C(C)C)[C@@H](C)CC. The number of rotatable bonds is 34. The zero-order chi connectivity index (χ0) is 56.2. The molecule has 0 bridgehead atoms. The number of likely N-dealkylation sites (N-methyl/N-ethyl adjacent to an activating group) is 1. The standard InChI is InChI=1S/C58H91N7O10S/c1-13-17-32-64(12)37-50(66)63-51(41(7)16-4)54(68)65(31-14-2)48(40(5)6)36-49(72-33-15-3)53-62-47(39-76-53)52(67)61-45(34-42(8)55(69)73-38-44-23-19-18-20-24-44)35-43-25-27-46(28-26-43)74-56(70)59-29-21-22-30-60-57(71)75-58(9,10)11/h18-20,23-28,39-42,45,48-49,51H,13-17,21-22,29-38H2,1-12H3,(H,59,70)(H,60,71)(H,61,67)(H,63,66)/t41-,42-,45+,48+,49+,51-/m0/s1. The number of carbonyl (C=O) groups excluding carboxylic acids is 6. The topological polar surface area (TPSA) is 207 Å². The van der Waals surface area contributed by atoms with Crippen LogP contribution in [-0.4, -0.2) is 121 Å². The number of hydrogen-bond acceptors (Lipinski definition) is 13. The number of carbonyl (C=O) groups is 6. The smallest absolute Gasteiger partial charge is 0.412 e. The average molecular weight is 1080 g/mol. The van der Waals surface area contributed by atoms with E-state index in [4.69, 9.17) is 23.9 Å². The molecule has 17 nitrogen and oxygen atoms in total. The molecule has 0 radical (unpaired) electrons. The van der Waals surface area contributed by atoms with Crippen LogP contribution in [0.2, 0.25) is 0 Å². The van der Waals surface area contributed by atoms with Crippen LogP contribution in [-0.2, 0) is 41.6 Å². The zero-order valence-corrected chi connectivity index (χ0v) is 48.5. The van der Waals surface area contributed by atoms with E-state index in [-0.39, 0.29) is 55.0 Å². The fourth-order valence-corrected chi connectivity index (χ4v) is 9.30. The first kappa shape index (κ1) is 64.7. The second-order valence-corrected chi connectivity index (χ2v) is 22.1. The second kappa shape index (κ2) is 34.2. The summed E-state index contributed by atoms with van der Waals surface area (Å²) in [4.78, 5) is 89.0. The van der Waals surface area contributed by atoms with Crippen LogP contribution in [0.25, 0.3) is 0 Å². The van der Waals surface area contributed by atoms with E-state index in [0.29, 0.717) is 69.1 Å². The van der Waals surface area contributed by atoms with Crippen molar-refractivity contribution in [1.82, 2.24) is 36.1 Å². The van der Waals surface area contributed by atoms with E-state index in [9.17, 15) is 28.8 Å². The summed E-state index contributed by atoms with van der Waals surface area (Å²) in [7, 11) is 1.92. The Kier molecular flexibility index (Phi) is 29.1. The van der Waals surface area contributed by atoms with E-state index in [2.05, 4.69) is 42.0 Å². The van der Waals surface area contributed by atoms with Gasteiger partial charge in [-0.1, -0.05) is 111 Å². The first-order valence-electron chi connectivity index (χ1n) is 27.6. The summed E-state index contributed by atoms with van der Waals surface area (Å²) in [6.07, 6.45) is 4.84. The molecule has 0 saturated carbocycles. The molecule has 0 unspecified atom stereocenters. The van der Waals surface area contributed by atoms with Crippen molar-refractivity contribution in [1.29, 1.82) is 0 Å². The number of benzene rings is 2. The number of nitrogens with one attached hydrogen (secondary N) is 4. The molecular formula is C58H91N7O10S. The van der Waals surface area contributed by atoms with Gasteiger partial charge in [-0.25, -0.2) is 14.6 Å². The molecule has 0 aliphatic rings. The number of alkyl carbamates (subject to hydrolysis) is 1. The molecule has 0 aliphatic heterocycles. The van der Waals surface area contributed by atoms with E-state index < -0.39 is 53.8 Å². The number of nitrogens with zero attached hydrogens (tertiary/aromatic N) is 3. The molecule has 76 heavy (non-hydrogen) atoms. The summed E-state index contributed by atoms with van der Waals surface area (Å²) in [6.45, 7) is 24.4. The molecule has 0 fully saturated rings. The molecule has 2 aromatic carbocycles. The van der Waals surface area contributed by atoms with Crippen molar-refractivity contribution in [3.05, 3.63) is 81.8 Å². The molecule has 6 atom stereocenters. The number of hydrogen-bond donors (Lipinski definition) is 4. The molecular weight excluding hydrogens is 987 g/mol. The van der Waals surface area contributed by atoms with E-state index >= 15 is 0 Å². The molecule has 3 rings (SSSR count).